The van der Waals surface area contributed by atoms with Crippen LogP contribution in [0.15, 0.2) is 11.1 Å². The zero-order valence-corrected chi connectivity index (χ0v) is 12.5. The van der Waals surface area contributed by atoms with Gasteiger partial charge in [0.25, 0.3) is 0 Å². The zero-order chi connectivity index (χ0) is 12.7. The lowest BCUT2D eigenvalue weighted by molar-refractivity contribution is 0.134. The van der Waals surface area contributed by atoms with Crippen molar-refractivity contribution in [2.75, 3.05) is 0 Å². The molecule has 1 fully saturated rings. The van der Waals surface area contributed by atoms with Crippen LogP contribution in [-0.2, 0) is 0 Å². The molecule has 0 amide bonds. The summed E-state index contributed by atoms with van der Waals surface area (Å²) in [5, 5.41) is 0. The molecule has 102 valence electrons. The highest BCUT2D eigenvalue weighted by molar-refractivity contribution is 5.27. The molecule has 0 aliphatic heterocycles. The van der Waals surface area contributed by atoms with Crippen molar-refractivity contribution in [1.82, 2.24) is 0 Å². The Balaban J connectivity index is 1.58. The minimum absolute atomic E-state index is 0.962. The molecule has 0 saturated heterocycles. The van der Waals surface area contributed by atoms with Crippen molar-refractivity contribution in [2.45, 2.75) is 72.1 Å². The van der Waals surface area contributed by atoms with Crippen LogP contribution >= 0.6 is 0 Å². The van der Waals surface area contributed by atoms with Crippen molar-refractivity contribution in [3.05, 3.63) is 11.1 Å². The first-order chi connectivity index (χ1) is 8.67. The molecule has 18 heavy (non-hydrogen) atoms. The van der Waals surface area contributed by atoms with E-state index in [1.165, 1.54) is 51.4 Å². The normalized spacial score (nSPS) is 38.5. The quantitative estimate of drug-likeness (QED) is 0.557. The highest BCUT2D eigenvalue weighted by atomic mass is 14.4. The summed E-state index contributed by atoms with van der Waals surface area (Å²) in [6.45, 7) is 7.35. The molecule has 3 aliphatic carbocycles. The molecule has 0 aromatic rings. The van der Waals surface area contributed by atoms with Crippen LogP contribution in [0.5, 0.6) is 0 Å². The smallest absolute Gasteiger partial charge is 0.0283 e. The van der Waals surface area contributed by atoms with Gasteiger partial charge in [0.2, 0.25) is 0 Å². The van der Waals surface area contributed by atoms with E-state index in [0.717, 1.165) is 29.6 Å². The molecule has 1 saturated carbocycles. The molecule has 0 heterocycles. The molecule has 3 rings (SSSR count). The van der Waals surface area contributed by atoms with Gasteiger partial charge in [0.15, 0.2) is 0 Å². The van der Waals surface area contributed by atoms with Gasteiger partial charge in [-0.1, -0.05) is 44.8 Å². The van der Waals surface area contributed by atoms with Gasteiger partial charge in [-0.15, -0.1) is 0 Å². The predicted octanol–water partition coefficient (Wildman–Crippen LogP) is 5.59. The molecule has 0 spiro atoms. The number of hydrogen-bond donors (Lipinski definition) is 0. The van der Waals surface area contributed by atoms with E-state index >= 15 is 0 Å². The summed E-state index contributed by atoms with van der Waals surface area (Å²) in [4.78, 5) is 0. The summed E-state index contributed by atoms with van der Waals surface area (Å²) < 4.78 is 0. The van der Waals surface area contributed by atoms with Gasteiger partial charge in [0.05, 0.1) is 0 Å². The maximum Gasteiger partial charge on any atom is -0.0283 e. The van der Waals surface area contributed by atoms with Crippen molar-refractivity contribution in [3.8, 4) is 0 Å². The molecule has 3 unspecified atom stereocenters. The average Bonchev–Trinajstić information content (AvgIpc) is 2.85. The monoisotopic (exact) mass is 246 g/mol. The van der Waals surface area contributed by atoms with Crippen LogP contribution in [0.1, 0.15) is 72.1 Å². The lowest BCUT2D eigenvalue weighted by atomic mass is 9.68. The second-order valence-electron chi connectivity index (χ2n) is 7.62. The fourth-order valence-electron chi connectivity index (χ4n) is 5.27. The Hall–Kier alpha value is -0.260. The Morgan fingerprint density at radius 2 is 1.61 bits per heavy atom. The molecule has 3 aliphatic rings. The largest absolute Gasteiger partial charge is 0.0704 e. The first-order valence-electron chi connectivity index (χ1n) is 8.37. The van der Waals surface area contributed by atoms with E-state index < -0.39 is 0 Å². The molecule has 0 radical (unpaired) electrons. The van der Waals surface area contributed by atoms with Crippen LogP contribution in [0.2, 0.25) is 0 Å². The van der Waals surface area contributed by atoms with E-state index in [1.54, 1.807) is 0 Å². The minimum atomic E-state index is 0.962. The lowest BCUT2D eigenvalue weighted by Gasteiger charge is -2.38. The second kappa shape index (κ2) is 5.02. The Labute approximate surface area is 113 Å². The van der Waals surface area contributed by atoms with Crippen molar-refractivity contribution >= 4 is 0 Å². The van der Waals surface area contributed by atoms with Gasteiger partial charge < -0.3 is 0 Å². The molecule has 0 nitrogen and oxygen atoms in total. The first kappa shape index (κ1) is 12.8. The molecule has 0 aromatic carbocycles. The molecular formula is C18H30. The number of hydrogen-bond acceptors (Lipinski definition) is 0. The molecule has 0 N–H and O–H groups in total. The van der Waals surface area contributed by atoms with E-state index in [2.05, 4.69) is 20.8 Å². The summed E-state index contributed by atoms with van der Waals surface area (Å²) in [6.07, 6.45) is 11.8. The van der Waals surface area contributed by atoms with Crippen LogP contribution in [0.4, 0.5) is 0 Å². The van der Waals surface area contributed by atoms with E-state index in [0.29, 0.717) is 0 Å². The summed E-state index contributed by atoms with van der Waals surface area (Å²) in [5.41, 5.74) is 3.77. The third-order valence-electron chi connectivity index (χ3n) is 6.23. The standard InChI is InChI=1S/C18H30/c1-4-14-5-6-18(13(3)9-14)17-10-15-7-12(2)8-16(15)11-17/h12-14,17-18H,4-11H2,1-3H3. The third kappa shape index (κ3) is 2.28. The molecule has 0 heteroatoms. The topological polar surface area (TPSA) is 0 Å². The first-order valence-corrected chi connectivity index (χ1v) is 8.37. The fourth-order valence-corrected chi connectivity index (χ4v) is 5.27. The second-order valence-corrected chi connectivity index (χ2v) is 7.62. The summed E-state index contributed by atoms with van der Waals surface area (Å²) in [7, 11) is 0. The van der Waals surface area contributed by atoms with E-state index in [1.807, 2.05) is 11.1 Å². The summed E-state index contributed by atoms with van der Waals surface area (Å²) in [5.74, 6) is 5.08. The zero-order valence-electron chi connectivity index (χ0n) is 12.5. The van der Waals surface area contributed by atoms with Crippen molar-refractivity contribution in [2.24, 2.45) is 29.6 Å². The van der Waals surface area contributed by atoms with Crippen molar-refractivity contribution in [3.63, 3.8) is 0 Å². The van der Waals surface area contributed by atoms with Crippen molar-refractivity contribution in [1.29, 1.82) is 0 Å². The summed E-state index contributed by atoms with van der Waals surface area (Å²) >= 11 is 0. The van der Waals surface area contributed by atoms with E-state index in [4.69, 9.17) is 0 Å². The van der Waals surface area contributed by atoms with E-state index in [9.17, 15) is 0 Å². The maximum absolute atomic E-state index is 2.54. The molecule has 3 atom stereocenters. The van der Waals surface area contributed by atoms with Gasteiger partial charge in [0, 0.05) is 0 Å². The number of allylic oxidation sites excluding steroid dienone is 2. The summed E-state index contributed by atoms with van der Waals surface area (Å²) in [6, 6.07) is 0. The van der Waals surface area contributed by atoms with Crippen LogP contribution in [0, 0.1) is 29.6 Å². The Bertz CT molecular complexity index is 320. The number of rotatable bonds is 2. The fraction of sp³-hybridized carbons (Fsp3) is 0.889. The molecular weight excluding hydrogens is 216 g/mol. The van der Waals surface area contributed by atoms with Gasteiger partial charge in [0.1, 0.15) is 0 Å². The van der Waals surface area contributed by atoms with Gasteiger partial charge in [-0.2, -0.15) is 0 Å². The van der Waals surface area contributed by atoms with Crippen LogP contribution in [0.25, 0.3) is 0 Å². The van der Waals surface area contributed by atoms with Crippen LogP contribution in [-0.4, -0.2) is 0 Å². The van der Waals surface area contributed by atoms with Crippen LogP contribution in [0.3, 0.4) is 0 Å². The van der Waals surface area contributed by atoms with Crippen LogP contribution < -0.4 is 0 Å². The average molecular weight is 246 g/mol. The highest BCUT2D eigenvalue weighted by Gasteiger charge is 2.38. The SMILES string of the molecule is CCC1CCC(C2CC3=C(CC(C)C3)C2)C(C)C1. The van der Waals surface area contributed by atoms with Gasteiger partial charge in [-0.25, -0.2) is 0 Å². The lowest BCUT2D eigenvalue weighted by Crippen LogP contribution is -2.28. The maximum atomic E-state index is 2.54. The predicted molar refractivity (Wildman–Crippen MR) is 78.4 cm³/mol. The van der Waals surface area contributed by atoms with E-state index in [-0.39, 0.29) is 0 Å². The Morgan fingerprint density at radius 1 is 0.944 bits per heavy atom. The van der Waals surface area contributed by atoms with Gasteiger partial charge in [-0.05, 0) is 68.1 Å². The highest BCUT2D eigenvalue weighted by Crippen LogP contribution is 2.51. The van der Waals surface area contributed by atoms with Gasteiger partial charge >= 0.3 is 0 Å². The van der Waals surface area contributed by atoms with Crippen molar-refractivity contribution < 1.29 is 0 Å². The molecule has 0 bridgehead atoms. The third-order valence-corrected chi connectivity index (χ3v) is 6.23. The minimum Gasteiger partial charge on any atom is -0.0704 e. The molecule has 0 aromatic heterocycles. The van der Waals surface area contributed by atoms with Gasteiger partial charge in [-0.3, -0.25) is 0 Å². The Morgan fingerprint density at radius 3 is 2.17 bits per heavy atom. The Kier molecular flexibility index (Phi) is 3.56.